The first-order chi connectivity index (χ1) is 18.8. The van der Waals surface area contributed by atoms with Crippen LogP contribution in [0.15, 0.2) is 12.2 Å². The maximum absolute atomic E-state index is 11.2. The second-order valence-corrected chi connectivity index (χ2v) is 46.5. The third-order valence-electron chi connectivity index (χ3n) is 3.58. The number of carbonyl (C=O) groups excluding carboxylic acids is 1. The molecule has 0 aliphatic heterocycles. The molecule has 0 saturated heterocycles. The van der Waals surface area contributed by atoms with Gasteiger partial charge in [-0.2, -0.15) is 0 Å². The van der Waals surface area contributed by atoms with E-state index in [9.17, 15) is 4.79 Å². The molecule has 42 heavy (non-hydrogen) atoms. The van der Waals surface area contributed by atoms with Gasteiger partial charge in [-0.15, -0.1) is 35.7 Å². The fraction of sp³-hybridized carbons (Fsp3) is 0.875. The Morgan fingerprint density at radius 2 is 1.17 bits per heavy atom. The van der Waals surface area contributed by atoms with Crippen molar-refractivity contribution in [1.82, 2.24) is 0 Å². The van der Waals surface area contributed by atoms with Gasteiger partial charge < -0.3 is 32.0 Å². The van der Waals surface area contributed by atoms with Crippen molar-refractivity contribution in [2.45, 2.75) is 99.3 Å². The number of esters is 1. The summed E-state index contributed by atoms with van der Waals surface area (Å²) in [5, 5.41) is 8.37. The molecule has 0 fully saturated rings. The van der Waals surface area contributed by atoms with Crippen LogP contribution in [0.3, 0.4) is 0 Å². The van der Waals surface area contributed by atoms with Crippen LogP contribution in [-0.4, -0.2) is 92.6 Å². The largest absolute Gasteiger partial charge is 0.457 e. The van der Waals surface area contributed by atoms with E-state index in [4.69, 9.17) is 32.0 Å². The Labute approximate surface area is 278 Å². The zero-order chi connectivity index (χ0) is 35.3. The summed E-state index contributed by atoms with van der Waals surface area (Å²) in [6, 6.07) is 0. The molecule has 0 saturated carbocycles. The van der Waals surface area contributed by atoms with Crippen molar-refractivity contribution in [2.24, 2.45) is 0 Å². The Kier molecular flexibility index (Phi) is 46.9. The Balaban J connectivity index is -0.000000103. The van der Waals surface area contributed by atoms with Crippen molar-refractivity contribution in [3.05, 3.63) is 12.2 Å². The molecule has 0 aliphatic carbocycles. The molecule has 5 unspecified atom stereocenters. The van der Waals surface area contributed by atoms with Crippen LogP contribution in [0.25, 0.3) is 0 Å². The van der Waals surface area contributed by atoms with E-state index in [1.165, 1.54) is 0 Å². The monoisotopic (exact) mass is 784 g/mol. The molecule has 0 bridgehead atoms. The minimum Gasteiger partial charge on any atom is -0.457 e. The van der Waals surface area contributed by atoms with E-state index < -0.39 is 34.2 Å². The fourth-order valence-corrected chi connectivity index (χ4v) is 2.50. The van der Waals surface area contributed by atoms with Gasteiger partial charge in [0.05, 0.1) is 19.8 Å². The van der Waals surface area contributed by atoms with Crippen molar-refractivity contribution in [2.75, 3.05) is 41.2 Å². The topological polar surface area (TPSA) is 92.7 Å². The molecule has 260 valence electrons. The third-order valence-corrected chi connectivity index (χ3v) is 29.6. The molecular weight excluding hydrogens is 714 g/mol. The number of ether oxygens (including phenoxy) is 1. The first-order valence-corrected chi connectivity index (χ1v) is 36.1. The zero-order valence-electron chi connectivity index (χ0n) is 30.0. The molecule has 8 nitrogen and oxygen atoms in total. The molecule has 0 rings (SSSR count). The Bertz CT molecular complexity index is 604. The molecule has 0 spiro atoms. The molecule has 0 amide bonds. The number of carbonyl (C=O) groups is 1. The number of hydrogen-bond acceptors (Lipinski definition) is 8. The van der Waals surface area contributed by atoms with Gasteiger partial charge in [-0.3, -0.25) is 0 Å². The van der Waals surface area contributed by atoms with Crippen LogP contribution >= 0.6 is 49.7 Å². The van der Waals surface area contributed by atoms with Crippen molar-refractivity contribution in [3.8, 4) is 0 Å². The summed E-state index contributed by atoms with van der Waals surface area (Å²) < 4.78 is 30.9. The molecule has 0 heterocycles. The highest BCUT2D eigenvalue weighted by Crippen LogP contribution is 2.86. The lowest BCUT2D eigenvalue weighted by Gasteiger charge is -2.22. The molecule has 0 radical (unpaired) electrons. The number of rotatable bonds is 12. The van der Waals surface area contributed by atoms with Gasteiger partial charge in [0, 0.05) is 35.0 Å². The van der Waals surface area contributed by atoms with Crippen molar-refractivity contribution in [1.29, 1.82) is 0 Å². The van der Waals surface area contributed by atoms with Gasteiger partial charge in [0.25, 0.3) is 0 Å². The van der Waals surface area contributed by atoms with E-state index in [1.54, 1.807) is 35.2 Å². The summed E-state index contributed by atoms with van der Waals surface area (Å²) in [7, 11) is 11.0. The smallest absolute Gasteiger partial charge is 0.333 e. The molecular formula is C24H70O8P6Si4. The van der Waals surface area contributed by atoms with Crippen LogP contribution < -0.4 is 0 Å². The maximum atomic E-state index is 11.2. The lowest BCUT2D eigenvalue weighted by Crippen LogP contribution is -2.36. The van der Waals surface area contributed by atoms with Crippen molar-refractivity contribution in [3.63, 3.8) is 0 Å². The summed E-state index contributed by atoms with van der Waals surface area (Å²) in [5.74, 6) is -0.386. The van der Waals surface area contributed by atoms with Crippen molar-refractivity contribution >= 4 is 89.9 Å². The number of aliphatic hydroxyl groups excluding tert-OH is 1. The first kappa shape index (κ1) is 56.7. The molecule has 0 aromatic rings. The second-order valence-electron chi connectivity index (χ2n) is 11.1. The van der Waals surface area contributed by atoms with Crippen LogP contribution in [0.1, 0.15) is 27.7 Å². The molecule has 0 aromatic carbocycles. The summed E-state index contributed by atoms with van der Waals surface area (Å²) >= 11 is 0. The van der Waals surface area contributed by atoms with E-state index in [-0.39, 0.29) is 32.7 Å². The lowest BCUT2D eigenvalue weighted by molar-refractivity contribution is -0.145. The predicted octanol–water partition coefficient (Wildman–Crippen LogP) is 8.82. The second kappa shape index (κ2) is 34.7. The average Bonchev–Trinajstić information content (AvgIpc) is 2.87. The van der Waals surface area contributed by atoms with E-state index in [0.717, 1.165) is 0 Å². The summed E-state index contributed by atoms with van der Waals surface area (Å²) in [4.78, 5) is 11.2. The van der Waals surface area contributed by atoms with Crippen LogP contribution in [0.4, 0.5) is 0 Å². The highest BCUT2D eigenvalue weighted by Gasteiger charge is 2.24. The Hall–Kier alpha value is 2.42. The first-order valence-electron chi connectivity index (χ1n) is 13.8. The molecule has 0 aliphatic rings. The van der Waals surface area contributed by atoms with Crippen LogP contribution in [0.5, 0.6) is 0 Å². The van der Waals surface area contributed by atoms with Gasteiger partial charge in [-0.05, 0) is 67.1 Å². The highest BCUT2D eigenvalue weighted by molar-refractivity contribution is 8.92. The zero-order valence-corrected chi connectivity index (χ0v) is 40.6. The van der Waals surface area contributed by atoms with Gasteiger partial charge in [0.2, 0.25) is 0 Å². The van der Waals surface area contributed by atoms with E-state index in [0.29, 0.717) is 18.8 Å². The standard InChI is InChI=1S/C10H20O4Si.C5H14O3Si.C4H12Si.C3H10OSi.C2H6.H8P6/c1-8(2)10(11)14-9(3)7-13-15(5,6)12-4;1-7-9(2,3)8-5-4-6;1-5(2,3)4;1-4-5(2)3;1-2;1-5(2)6(3)4/h9H,1,7H2,2-6H3;6H,4-5H2,1-3H3;1-4H3;5H,1-3H3;1-2H3;1-4H2. The third kappa shape index (κ3) is 65.2. The molecule has 5 atom stereocenters. The van der Waals surface area contributed by atoms with Gasteiger partial charge in [0.1, 0.15) is 6.10 Å². The summed E-state index contributed by atoms with van der Waals surface area (Å²) in [5.41, 5.74) is 0.394. The predicted molar refractivity (Wildman–Crippen MR) is 217 cm³/mol. The fourth-order valence-electron chi connectivity index (χ4n) is 1.04. The summed E-state index contributed by atoms with van der Waals surface area (Å²) in [6.45, 7) is 33.3. The molecule has 1 N–H and O–H groups in total. The summed E-state index contributed by atoms with van der Waals surface area (Å²) in [6.07, 6.45) is -0.281. The average molecular weight is 785 g/mol. The number of aliphatic hydroxyl groups is 1. The molecule has 0 aromatic heterocycles. The quantitative estimate of drug-likeness (QED) is 0.0909. The Morgan fingerprint density at radius 1 is 0.857 bits per heavy atom. The van der Waals surface area contributed by atoms with E-state index >= 15 is 0 Å². The minimum atomic E-state index is -2.03. The van der Waals surface area contributed by atoms with Crippen molar-refractivity contribution < 1.29 is 36.8 Å². The van der Waals surface area contributed by atoms with Crippen LogP contribution in [0, 0.1) is 0 Å². The van der Waals surface area contributed by atoms with E-state index in [1.807, 2.05) is 40.0 Å². The molecule has 18 heteroatoms. The number of hydrogen-bond donors (Lipinski definition) is 1. The SMILES string of the molecule is C=C(C)C(=O)OC(C)CO[Si](C)(C)OC.CC.CO[SiH](C)C.CO[Si](C)(C)OCCO.C[Si](C)(C)C.PP(P)P(P)P. The van der Waals surface area contributed by atoms with Crippen LogP contribution in [-0.2, 0) is 31.7 Å². The van der Waals surface area contributed by atoms with Gasteiger partial charge in [0.15, 0.2) is 9.04 Å². The van der Waals surface area contributed by atoms with Gasteiger partial charge in [-0.25, -0.2) is 4.79 Å². The van der Waals surface area contributed by atoms with E-state index in [2.05, 4.69) is 81.6 Å². The minimum absolute atomic E-state index is 0.0692. The Morgan fingerprint density at radius 3 is 1.38 bits per heavy atom. The normalized spacial score (nSPS) is 11.6. The highest BCUT2D eigenvalue weighted by atomic mass is 33.0. The van der Waals surface area contributed by atoms with Gasteiger partial charge >= 0.3 is 23.1 Å². The lowest BCUT2D eigenvalue weighted by atomic mass is 10.3. The van der Waals surface area contributed by atoms with Crippen LogP contribution in [0.2, 0.25) is 65.5 Å². The van der Waals surface area contributed by atoms with Gasteiger partial charge in [-0.1, -0.05) is 46.6 Å². The maximum Gasteiger partial charge on any atom is 0.333 e.